The molecule has 3 aromatic rings. The lowest BCUT2D eigenvalue weighted by Gasteiger charge is -2.05. The van der Waals surface area contributed by atoms with Crippen molar-refractivity contribution in [3.05, 3.63) is 47.0 Å². The van der Waals surface area contributed by atoms with Crippen LogP contribution in [0.5, 0.6) is 5.75 Å². The van der Waals surface area contributed by atoms with Crippen LogP contribution in [0.4, 0.5) is 0 Å². The topological polar surface area (TPSA) is 72.6 Å². The number of fused-ring (bicyclic) bond motifs is 1. The number of aromatic nitrogens is 1. The third-order valence-corrected chi connectivity index (χ3v) is 3.65. The number of rotatable bonds is 4. The molecule has 0 aliphatic carbocycles. The molecule has 112 valence electrons. The molecule has 0 saturated carbocycles. The minimum absolute atomic E-state index is 0.214. The van der Waals surface area contributed by atoms with Crippen molar-refractivity contribution in [3.8, 4) is 17.0 Å². The van der Waals surface area contributed by atoms with Crippen LogP contribution >= 0.6 is 11.6 Å². The number of aryl methyl sites for hydroxylation is 1. The van der Waals surface area contributed by atoms with Crippen LogP contribution < -0.4 is 4.74 Å². The first-order valence-corrected chi connectivity index (χ1v) is 6.94. The summed E-state index contributed by atoms with van der Waals surface area (Å²) in [5.41, 5.74) is 3.10. The van der Waals surface area contributed by atoms with Crippen LogP contribution in [0.2, 0.25) is 5.02 Å². The smallest absolute Gasteiger partial charge is 0.341 e. The van der Waals surface area contributed by atoms with E-state index in [2.05, 4.69) is 5.16 Å². The molecular weight excluding hydrogens is 306 g/mol. The summed E-state index contributed by atoms with van der Waals surface area (Å²) >= 11 is 6.21. The van der Waals surface area contributed by atoms with Crippen LogP contribution in [0.25, 0.3) is 22.2 Å². The lowest BCUT2D eigenvalue weighted by molar-refractivity contribution is -0.139. The lowest BCUT2D eigenvalue weighted by Crippen LogP contribution is -2.09. The van der Waals surface area contributed by atoms with Crippen molar-refractivity contribution in [2.24, 2.45) is 0 Å². The molecular formula is C16H12ClNO4. The van der Waals surface area contributed by atoms with Gasteiger partial charge in [-0.15, -0.1) is 0 Å². The van der Waals surface area contributed by atoms with Crippen LogP contribution in [0, 0.1) is 6.92 Å². The van der Waals surface area contributed by atoms with Gasteiger partial charge in [0.1, 0.15) is 16.5 Å². The van der Waals surface area contributed by atoms with Crippen LogP contribution in [0.15, 0.2) is 40.9 Å². The molecule has 6 heteroatoms. The predicted molar refractivity (Wildman–Crippen MR) is 82.3 cm³/mol. The van der Waals surface area contributed by atoms with Crippen molar-refractivity contribution >= 4 is 28.5 Å². The van der Waals surface area contributed by atoms with Crippen LogP contribution in [0.3, 0.4) is 0 Å². The Hall–Kier alpha value is -2.53. The van der Waals surface area contributed by atoms with E-state index in [1.54, 1.807) is 12.1 Å². The zero-order valence-corrected chi connectivity index (χ0v) is 12.4. The van der Waals surface area contributed by atoms with Crippen molar-refractivity contribution in [2.75, 3.05) is 6.61 Å². The van der Waals surface area contributed by atoms with Crippen LogP contribution in [0.1, 0.15) is 5.56 Å². The van der Waals surface area contributed by atoms with E-state index in [1.165, 1.54) is 0 Å². The second-order valence-corrected chi connectivity index (χ2v) is 5.16. The fraction of sp³-hybridized carbons (Fsp3) is 0.125. The van der Waals surface area contributed by atoms with Crippen molar-refractivity contribution in [3.63, 3.8) is 0 Å². The highest BCUT2D eigenvalue weighted by Gasteiger charge is 2.17. The predicted octanol–water partition coefficient (Wildman–Crippen LogP) is 3.92. The maximum absolute atomic E-state index is 10.6. The number of hydrogen-bond acceptors (Lipinski definition) is 4. The van der Waals surface area contributed by atoms with E-state index in [4.69, 9.17) is 26.0 Å². The molecule has 0 aliphatic rings. The number of carbonyl (C=O) groups is 1. The van der Waals surface area contributed by atoms with Gasteiger partial charge in [0.25, 0.3) is 0 Å². The highest BCUT2D eigenvalue weighted by molar-refractivity contribution is 6.36. The van der Waals surface area contributed by atoms with E-state index in [0.29, 0.717) is 11.3 Å². The number of aliphatic carboxylic acids is 1. The number of carboxylic acid groups (broad SMARTS) is 1. The Morgan fingerprint density at radius 3 is 2.82 bits per heavy atom. The maximum atomic E-state index is 10.6. The van der Waals surface area contributed by atoms with E-state index >= 15 is 0 Å². The highest BCUT2D eigenvalue weighted by atomic mass is 35.5. The summed E-state index contributed by atoms with van der Waals surface area (Å²) in [5.74, 6) is -0.821. The van der Waals surface area contributed by atoms with E-state index in [9.17, 15) is 4.79 Å². The minimum Gasteiger partial charge on any atom is -0.480 e. The number of hydrogen-bond donors (Lipinski definition) is 1. The second-order valence-electron chi connectivity index (χ2n) is 4.78. The van der Waals surface area contributed by atoms with Gasteiger partial charge in [0.15, 0.2) is 12.2 Å². The van der Waals surface area contributed by atoms with Gasteiger partial charge in [0.05, 0.1) is 5.39 Å². The number of carboxylic acids is 1. The van der Waals surface area contributed by atoms with E-state index in [0.717, 1.165) is 16.5 Å². The summed E-state index contributed by atoms with van der Waals surface area (Å²) in [6, 6.07) is 11.2. The van der Waals surface area contributed by atoms with Gasteiger partial charge in [-0.25, -0.2) is 4.79 Å². The minimum atomic E-state index is -1.07. The molecule has 2 aromatic carbocycles. The Morgan fingerprint density at radius 2 is 2.09 bits per heavy atom. The summed E-state index contributed by atoms with van der Waals surface area (Å²) in [4.78, 5) is 10.6. The molecule has 0 atom stereocenters. The fourth-order valence-corrected chi connectivity index (χ4v) is 2.49. The lowest BCUT2D eigenvalue weighted by atomic mass is 10.0. The summed E-state index contributed by atoms with van der Waals surface area (Å²) in [6.45, 7) is 1.52. The third kappa shape index (κ3) is 2.51. The molecule has 0 radical (unpaired) electrons. The monoisotopic (exact) mass is 317 g/mol. The van der Waals surface area contributed by atoms with Gasteiger partial charge < -0.3 is 14.4 Å². The first-order chi connectivity index (χ1) is 10.6. The number of benzene rings is 2. The molecule has 0 bridgehead atoms. The molecule has 5 nitrogen and oxygen atoms in total. The van der Waals surface area contributed by atoms with Crippen molar-refractivity contribution in [2.45, 2.75) is 6.92 Å². The van der Waals surface area contributed by atoms with Crippen molar-refractivity contribution in [1.82, 2.24) is 5.16 Å². The molecule has 0 unspecified atom stereocenters. The highest BCUT2D eigenvalue weighted by Crippen LogP contribution is 2.38. The zero-order chi connectivity index (χ0) is 15.7. The summed E-state index contributed by atoms with van der Waals surface area (Å²) < 4.78 is 10.5. The maximum Gasteiger partial charge on any atom is 0.341 e. The Morgan fingerprint density at radius 1 is 1.32 bits per heavy atom. The van der Waals surface area contributed by atoms with E-state index in [1.807, 2.05) is 31.2 Å². The molecule has 0 saturated heterocycles. The Kier molecular flexibility index (Phi) is 3.73. The Balaban J connectivity index is 2.08. The second kappa shape index (κ2) is 5.69. The molecule has 0 amide bonds. The SMILES string of the molecule is Cc1ccccc1-c1noc2c(Cl)c(OCC(=O)O)ccc12. The van der Waals surface area contributed by atoms with Crippen molar-refractivity contribution in [1.29, 1.82) is 0 Å². The summed E-state index contributed by atoms with van der Waals surface area (Å²) in [5, 5.41) is 13.7. The van der Waals surface area contributed by atoms with Gasteiger partial charge in [-0.05, 0) is 24.6 Å². The normalized spacial score (nSPS) is 10.8. The molecule has 1 aromatic heterocycles. The first kappa shape index (κ1) is 14.4. The van der Waals surface area contributed by atoms with Crippen molar-refractivity contribution < 1.29 is 19.2 Å². The van der Waals surface area contributed by atoms with Gasteiger partial charge in [-0.2, -0.15) is 0 Å². The first-order valence-electron chi connectivity index (χ1n) is 6.56. The average molecular weight is 318 g/mol. The molecule has 0 fully saturated rings. The Labute approximate surface area is 131 Å². The number of nitrogens with zero attached hydrogens (tertiary/aromatic N) is 1. The standard InChI is InChI=1S/C16H12ClNO4/c1-9-4-2-3-5-10(9)15-11-6-7-12(21-8-13(19)20)14(17)16(11)22-18-15/h2-7H,8H2,1H3,(H,19,20). The third-order valence-electron chi connectivity index (χ3n) is 3.30. The van der Waals surface area contributed by atoms with Gasteiger partial charge in [0.2, 0.25) is 0 Å². The number of halogens is 1. The summed E-state index contributed by atoms with van der Waals surface area (Å²) in [6.07, 6.45) is 0. The van der Waals surface area contributed by atoms with E-state index < -0.39 is 12.6 Å². The summed E-state index contributed by atoms with van der Waals surface area (Å²) in [7, 11) is 0. The Bertz CT molecular complexity index is 856. The molecule has 1 N–H and O–H groups in total. The molecule has 0 aliphatic heterocycles. The van der Waals surface area contributed by atoms with Gasteiger partial charge in [0, 0.05) is 5.56 Å². The average Bonchev–Trinajstić information content (AvgIpc) is 2.91. The van der Waals surface area contributed by atoms with Gasteiger partial charge in [-0.3, -0.25) is 0 Å². The fourth-order valence-electron chi connectivity index (χ4n) is 2.24. The van der Waals surface area contributed by atoms with Gasteiger partial charge >= 0.3 is 5.97 Å². The quantitative estimate of drug-likeness (QED) is 0.789. The molecule has 0 spiro atoms. The number of ether oxygens (including phenoxy) is 1. The molecule has 22 heavy (non-hydrogen) atoms. The van der Waals surface area contributed by atoms with Gasteiger partial charge in [-0.1, -0.05) is 41.0 Å². The van der Waals surface area contributed by atoms with Crippen LogP contribution in [-0.4, -0.2) is 22.8 Å². The largest absolute Gasteiger partial charge is 0.480 e. The van der Waals surface area contributed by atoms with E-state index in [-0.39, 0.29) is 10.8 Å². The van der Waals surface area contributed by atoms with Crippen LogP contribution in [-0.2, 0) is 4.79 Å². The zero-order valence-electron chi connectivity index (χ0n) is 11.7. The molecule has 3 rings (SSSR count). The molecule has 1 heterocycles.